The van der Waals surface area contributed by atoms with Gasteiger partial charge in [0.05, 0.1) is 12.7 Å². The normalized spacial score (nSPS) is 9.43. The molecule has 0 fully saturated rings. The van der Waals surface area contributed by atoms with Gasteiger partial charge in [-0.3, -0.25) is 5.32 Å². The van der Waals surface area contributed by atoms with Crippen molar-refractivity contribution in [3.8, 4) is 0 Å². The summed E-state index contributed by atoms with van der Waals surface area (Å²) in [7, 11) is 0. The van der Waals surface area contributed by atoms with Gasteiger partial charge in [-0.05, 0) is 6.92 Å². The second kappa shape index (κ2) is 6.21. The number of nitrogens with one attached hydrogen (secondary N) is 1. The van der Waals surface area contributed by atoms with E-state index in [-0.39, 0.29) is 0 Å². The smallest absolute Gasteiger partial charge is 0.0974 e. The fraction of sp³-hybridized carbons (Fsp3) is 1.00. The average molecular weight is 124 g/mol. The van der Waals surface area contributed by atoms with E-state index in [4.69, 9.17) is 16.3 Å². The number of halogens is 1. The van der Waals surface area contributed by atoms with Gasteiger partial charge >= 0.3 is 0 Å². The topological polar surface area (TPSA) is 21.3 Å². The van der Waals surface area contributed by atoms with Crippen LogP contribution >= 0.6 is 11.6 Å². The van der Waals surface area contributed by atoms with Crippen LogP contribution in [0.25, 0.3) is 0 Å². The van der Waals surface area contributed by atoms with E-state index in [2.05, 4.69) is 5.32 Å². The molecule has 0 atom stereocenters. The van der Waals surface area contributed by atoms with Gasteiger partial charge in [0.15, 0.2) is 0 Å². The molecule has 0 amide bonds. The summed E-state index contributed by atoms with van der Waals surface area (Å²) in [4.78, 5) is 0. The average Bonchev–Trinajstić information content (AvgIpc) is 1.69. The second-order valence-electron chi connectivity index (χ2n) is 1.02. The lowest BCUT2D eigenvalue weighted by Gasteiger charge is -1.96. The Morgan fingerprint density at radius 2 is 2.43 bits per heavy atom. The molecule has 0 radical (unpaired) electrons. The van der Waals surface area contributed by atoms with Crippen molar-refractivity contribution in [2.75, 3.05) is 19.3 Å². The number of alkyl halides is 1. The summed E-state index contributed by atoms with van der Waals surface area (Å²) in [6.45, 7) is 3.24. The zero-order valence-corrected chi connectivity index (χ0v) is 5.16. The molecule has 0 aliphatic rings. The van der Waals surface area contributed by atoms with Gasteiger partial charge in [0.25, 0.3) is 0 Å². The highest BCUT2D eigenvalue weighted by atomic mass is 35.5. The standard InChI is InChI=1S/C4H10ClNO/c1-2-7-4-6-3-5/h6H,2-4H2,1H3. The van der Waals surface area contributed by atoms with Gasteiger partial charge in [0, 0.05) is 6.61 Å². The molecule has 0 rings (SSSR count). The summed E-state index contributed by atoms with van der Waals surface area (Å²) in [6.07, 6.45) is 0. The molecular formula is C4H10ClNO. The molecule has 7 heavy (non-hydrogen) atoms. The van der Waals surface area contributed by atoms with Crippen molar-refractivity contribution in [1.29, 1.82) is 0 Å². The van der Waals surface area contributed by atoms with Crippen molar-refractivity contribution >= 4 is 11.6 Å². The summed E-state index contributed by atoms with van der Waals surface area (Å²) in [5, 5.41) is 2.79. The third-order valence-electron chi connectivity index (χ3n) is 0.503. The summed E-state index contributed by atoms with van der Waals surface area (Å²) in [6, 6.07) is 0.458. The number of ether oxygens (including phenoxy) is 1. The van der Waals surface area contributed by atoms with E-state index in [1.165, 1.54) is 0 Å². The van der Waals surface area contributed by atoms with Crippen molar-refractivity contribution in [2.24, 2.45) is 0 Å². The molecule has 0 heterocycles. The molecule has 0 spiro atoms. The molecule has 3 heteroatoms. The lowest BCUT2D eigenvalue weighted by atomic mass is 10.9. The number of rotatable bonds is 4. The van der Waals surface area contributed by atoms with E-state index >= 15 is 0 Å². The molecule has 1 N–H and O–H groups in total. The van der Waals surface area contributed by atoms with Crippen molar-refractivity contribution in [2.45, 2.75) is 6.92 Å². The Balaban J connectivity index is 2.45. The van der Waals surface area contributed by atoms with E-state index in [1.54, 1.807) is 0 Å². The van der Waals surface area contributed by atoms with E-state index < -0.39 is 0 Å². The van der Waals surface area contributed by atoms with Gasteiger partial charge in [0.2, 0.25) is 0 Å². The molecule has 2 nitrogen and oxygen atoms in total. The molecule has 0 aliphatic heterocycles. The monoisotopic (exact) mass is 123 g/mol. The first-order valence-corrected chi connectivity index (χ1v) is 2.79. The minimum Gasteiger partial charge on any atom is -0.367 e. The lowest BCUT2D eigenvalue weighted by Crippen LogP contribution is -2.15. The number of hydrogen-bond acceptors (Lipinski definition) is 2. The van der Waals surface area contributed by atoms with E-state index in [0.717, 1.165) is 6.61 Å². The van der Waals surface area contributed by atoms with Crippen molar-refractivity contribution in [3.05, 3.63) is 0 Å². The number of hydrogen-bond donors (Lipinski definition) is 1. The minimum atomic E-state index is 0.458. The van der Waals surface area contributed by atoms with Crippen molar-refractivity contribution < 1.29 is 4.74 Å². The summed E-state index contributed by atoms with van der Waals surface area (Å²) in [5.41, 5.74) is 0. The Morgan fingerprint density at radius 1 is 1.71 bits per heavy atom. The van der Waals surface area contributed by atoms with E-state index in [9.17, 15) is 0 Å². The third-order valence-corrected chi connectivity index (χ3v) is 0.692. The first-order valence-electron chi connectivity index (χ1n) is 2.26. The Bertz CT molecular complexity index is 30.9. The van der Waals surface area contributed by atoms with Crippen molar-refractivity contribution in [3.63, 3.8) is 0 Å². The Hall–Kier alpha value is 0.210. The molecule has 0 bridgehead atoms. The predicted molar refractivity (Wildman–Crippen MR) is 30.3 cm³/mol. The van der Waals surface area contributed by atoms with E-state index in [1.807, 2.05) is 6.92 Å². The van der Waals surface area contributed by atoms with Gasteiger partial charge in [-0.1, -0.05) is 0 Å². The maximum absolute atomic E-state index is 5.25. The molecule has 0 saturated heterocycles. The SMILES string of the molecule is CCOCNCCl. The summed E-state index contributed by atoms with van der Waals surface area (Å²) in [5.74, 6) is 0. The molecule has 0 saturated carbocycles. The highest BCUT2D eigenvalue weighted by Crippen LogP contribution is 1.68. The van der Waals surface area contributed by atoms with Gasteiger partial charge in [-0.25, -0.2) is 0 Å². The van der Waals surface area contributed by atoms with Gasteiger partial charge in [0.1, 0.15) is 0 Å². The second-order valence-corrected chi connectivity index (χ2v) is 1.29. The summed E-state index contributed by atoms with van der Waals surface area (Å²) >= 11 is 5.25. The molecular weight excluding hydrogens is 114 g/mol. The molecule has 0 aromatic rings. The van der Waals surface area contributed by atoms with Gasteiger partial charge in [-0.15, -0.1) is 11.6 Å². The largest absolute Gasteiger partial charge is 0.367 e. The van der Waals surface area contributed by atoms with Crippen LogP contribution in [-0.2, 0) is 4.74 Å². The maximum atomic E-state index is 5.25. The molecule has 0 unspecified atom stereocenters. The van der Waals surface area contributed by atoms with Crippen LogP contribution in [-0.4, -0.2) is 19.3 Å². The van der Waals surface area contributed by atoms with Crippen LogP contribution in [0.3, 0.4) is 0 Å². The lowest BCUT2D eigenvalue weighted by molar-refractivity contribution is 0.133. The third kappa shape index (κ3) is 6.21. The van der Waals surface area contributed by atoms with Crippen LogP contribution in [0.5, 0.6) is 0 Å². The Morgan fingerprint density at radius 3 is 2.86 bits per heavy atom. The molecule has 0 aliphatic carbocycles. The Labute approximate surface area is 48.8 Å². The van der Waals surface area contributed by atoms with Crippen LogP contribution in [0.15, 0.2) is 0 Å². The zero-order valence-electron chi connectivity index (χ0n) is 4.41. The van der Waals surface area contributed by atoms with Crippen LogP contribution in [0, 0.1) is 0 Å². The molecule has 44 valence electrons. The van der Waals surface area contributed by atoms with Crippen molar-refractivity contribution in [1.82, 2.24) is 5.32 Å². The van der Waals surface area contributed by atoms with Crippen LogP contribution in [0.2, 0.25) is 0 Å². The van der Waals surface area contributed by atoms with Gasteiger partial charge < -0.3 is 4.74 Å². The molecule has 0 aromatic heterocycles. The van der Waals surface area contributed by atoms with Crippen LogP contribution < -0.4 is 5.32 Å². The van der Waals surface area contributed by atoms with Crippen LogP contribution in [0.1, 0.15) is 6.92 Å². The fourth-order valence-electron chi connectivity index (χ4n) is 0.213. The van der Waals surface area contributed by atoms with Gasteiger partial charge in [-0.2, -0.15) is 0 Å². The highest BCUT2D eigenvalue weighted by Gasteiger charge is 1.76. The first-order chi connectivity index (χ1) is 3.41. The first kappa shape index (κ1) is 7.21. The predicted octanol–water partition coefficient (Wildman–Crippen LogP) is 0.766. The quantitative estimate of drug-likeness (QED) is 0.258. The minimum absolute atomic E-state index is 0.458. The zero-order chi connectivity index (χ0) is 5.54. The Kier molecular flexibility index (Phi) is 6.40. The van der Waals surface area contributed by atoms with Crippen LogP contribution in [0.4, 0.5) is 0 Å². The fourth-order valence-corrected chi connectivity index (χ4v) is 0.290. The summed E-state index contributed by atoms with van der Waals surface area (Å²) < 4.78 is 4.88. The molecule has 0 aromatic carbocycles. The highest BCUT2D eigenvalue weighted by molar-refractivity contribution is 6.17. The maximum Gasteiger partial charge on any atom is 0.0974 e. The van der Waals surface area contributed by atoms with E-state index in [0.29, 0.717) is 12.7 Å².